The fourth-order valence-electron chi connectivity index (χ4n) is 1.97. The summed E-state index contributed by atoms with van der Waals surface area (Å²) in [6.07, 6.45) is 0.809. The Morgan fingerprint density at radius 1 is 1.61 bits per heavy atom. The van der Waals surface area contributed by atoms with Gasteiger partial charge in [-0.2, -0.15) is 0 Å². The van der Waals surface area contributed by atoms with Gasteiger partial charge in [-0.15, -0.1) is 11.3 Å². The summed E-state index contributed by atoms with van der Waals surface area (Å²) in [6.45, 7) is 2.93. The maximum atomic E-state index is 12.0. The van der Waals surface area contributed by atoms with Crippen LogP contribution in [0.15, 0.2) is 9.85 Å². The normalized spacial score (nSPS) is 23.0. The second-order valence-corrected chi connectivity index (χ2v) is 6.88. The molecule has 5 nitrogen and oxygen atoms in total. The Kier molecular flexibility index (Phi) is 4.04. The van der Waals surface area contributed by atoms with Crippen LogP contribution in [0.25, 0.3) is 0 Å². The molecule has 2 rings (SSSR count). The highest BCUT2D eigenvalue weighted by atomic mass is 79.9. The van der Waals surface area contributed by atoms with Crippen LogP contribution in [0.5, 0.6) is 0 Å². The maximum absolute atomic E-state index is 12.0. The minimum Gasteiger partial charge on any atom is -0.365 e. The number of nitrogens with one attached hydrogen (secondary N) is 2. The van der Waals surface area contributed by atoms with Gasteiger partial charge in [-0.05, 0) is 40.9 Å². The van der Waals surface area contributed by atoms with E-state index in [9.17, 15) is 9.59 Å². The molecular weight excluding hydrogens is 318 g/mol. The van der Waals surface area contributed by atoms with E-state index in [1.54, 1.807) is 6.07 Å². The lowest BCUT2D eigenvalue weighted by Crippen LogP contribution is -2.35. The third kappa shape index (κ3) is 2.90. The lowest BCUT2D eigenvalue weighted by molar-refractivity contribution is -0.117. The summed E-state index contributed by atoms with van der Waals surface area (Å²) in [6, 6.07) is 1.50. The Balaban J connectivity index is 2.09. The molecule has 1 saturated heterocycles. The van der Waals surface area contributed by atoms with Crippen LogP contribution in [-0.2, 0) is 4.79 Å². The van der Waals surface area contributed by atoms with Crippen molar-refractivity contribution in [2.45, 2.75) is 19.4 Å². The van der Waals surface area contributed by atoms with E-state index in [4.69, 9.17) is 5.73 Å². The van der Waals surface area contributed by atoms with Crippen LogP contribution in [0.1, 0.15) is 23.0 Å². The average Bonchev–Trinajstić information content (AvgIpc) is 2.85. The smallest absolute Gasteiger partial charge is 0.260 e. The van der Waals surface area contributed by atoms with E-state index >= 15 is 0 Å². The zero-order chi connectivity index (χ0) is 13.3. The van der Waals surface area contributed by atoms with Gasteiger partial charge in [0.25, 0.3) is 5.91 Å². The molecule has 0 spiro atoms. The molecule has 7 heteroatoms. The first kappa shape index (κ1) is 13.5. The monoisotopic (exact) mass is 331 g/mol. The highest BCUT2D eigenvalue weighted by molar-refractivity contribution is 9.11. The Hall–Kier alpha value is -0.920. The van der Waals surface area contributed by atoms with Gasteiger partial charge in [-0.25, -0.2) is 0 Å². The summed E-state index contributed by atoms with van der Waals surface area (Å²) in [5.41, 5.74) is 5.74. The molecule has 1 fully saturated rings. The van der Waals surface area contributed by atoms with Crippen molar-refractivity contribution in [3.8, 4) is 0 Å². The molecule has 2 heterocycles. The molecule has 2 amide bonds. The van der Waals surface area contributed by atoms with Gasteiger partial charge in [-0.3, -0.25) is 9.59 Å². The number of primary amides is 1. The number of thiophene rings is 1. The molecule has 1 aromatic heterocycles. The summed E-state index contributed by atoms with van der Waals surface area (Å²) in [7, 11) is 0. The van der Waals surface area contributed by atoms with Crippen LogP contribution in [0.2, 0.25) is 0 Å². The summed E-state index contributed by atoms with van der Waals surface area (Å²) in [5, 5.41) is 5.90. The molecule has 18 heavy (non-hydrogen) atoms. The number of carbonyl (C=O) groups excluding carboxylic acids is 2. The number of hydrogen-bond donors (Lipinski definition) is 3. The number of rotatable bonds is 3. The van der Waals surface area contributed by atoms with Gasteiger partial charge in [-0.1, -0.05) is 6.92 Å². The van der Waals surface area contributed by atoms with Crippen molar-refractivity contribution in [2.75, 3.05) is 11.9 Å². The number of anilines is 1. The van der Waals surface area contributed by atoms with Gasteiger partial charge >= 0.3 is 0 Å². The molecule has 0 saturated carbocycles. The van der Waals surface area contributed by atoms with Gasteiger partial charge < -0.3 is 16.4 Å². The SMILES string of the molecule is C[C@@H]1CN[C@H](C(=O)Nc2cc(Br)sc2C(N)=O)C1. The topological polar surface area (TPSA) is 84.2 Å². The second kappa shape index (κ2) is 5.38. The standard InChI is InChI=1S/C11H14BrN3O2S/c1-5-2-7(14-4-5)11(17)15-6-3-8(12)18-9(6)10(13)16/h3,5,7,14H,2,4H2,1H3,(H2,13,16)(H,15,17)/t5-,7-/m0/s1. The first-order valence-corrected chi connectivity index (χ1v) is 7.21. The fraction of sp³-hybridized carbons (Fsp3) is 0.455. The van der Waals surface area contributed by atoms with E-state index in [1.165, 1.54) is 11.3 Å². The van der Waals surface area contributed by atoms with Crippen molar-refractivity contribution < 1.29 is 9.59 Å². The molecule has 4 N–H and O–H groups in total. The third-order valence-corrected chi connectivity index (χ3v) is 4.50. The molecule has 1 aromatic rings. The molecular formula is C11H14BrN3O2S. The van der Waals surface area contributed by atoms with Gasteiger partial charge in [0.1, 0.15) is 4.88 Å². The van der Waals surface area contributed by atoms with Crippen molar-refractivity contribution in [2.24, 2.45) is 11.7 Å². The Bertz CT molecular complexity index is 489. The minimum atomic E-state index is -0.534. The molecule has 2 atom stereocenters. The van der Waals surface area contributed by atoms with Crippen LogP contribution in [0.4, 0.5) is 5.69 Å². The molecule has 0 aromatic carbocycles. The zero-order valence-corrected chi connectivity index (χ0v) is 12.2. The molecule has 0 aliphatic carbocycles. The summed E-state index contributed by atoms with van der Waals surface area (Å²) in [4.78, 5) is 23.6. The minimum absolute atomic E-state index is 0.118. The van der Waals surface area contributed by atoms with Crippen molar-refractivity contribution in [3.05, 3.63) is 14.7 Å². The molecule has 0 unspecified atom stereocenters. The van der Waals surface area contributed by atoms with E-state index in [-0.39, 0.29) is 11.9 Å². The highest BCUT2D eigenvalue weighted by Gasteiger charge is 2.27. The number of nitrogens with two attached hydrogens (primary N) is 1. The van der Waals surface area contributed by atoms with Crippen molar-refractivity contribution in [1.29, 1.82) is 0 Å². The number of carbonyl (C=O) groups is 2. The van der Waals surface area contributed by atoms with Crippen LogP contribution < -0.4 is 16.4 Å². The van der Waals surface area contributed by atoms with E-state index in [0.29, 0.717) is 16.5 Å². The number of amides is 2. The summed E-state index contributed by atoms with van der Waals surface area (Å²) >= 11 is 4.49. The molecule has 0 radical (unpaired) electrons. The van der Waals surface area contributed by atoms with Crippen LogP contribution in [0, 0.1) is 5.92 Å². The van der Waals surface area contributed by atoms with Gasteiger partial charge in [0.2, 0.25) is 5.91 Å². The Morgan fingerprint density at radius 3 is 2.89 bits per heavy atom. The first-order chi connectivity index (χ1) is 8.47. The van der Waals surface area contributed by atoms with E-state index in [1.807, 2.05) is 0 Å². The largest absolute Gasteiger partial charge is 0.365 e. The van der Waals surface area contributed by atoms with E-state index in [0.717, 1.165) is 16.8 Å². The predicted octanol–water partition coefficient (Wildman–Crippen LogP) is 1.55. The lowest BCUT2D eigenvalue weighted by atomic mass is 10.1. The summed E-state index contributed by atoms with van der Waals surface area (Å²) in [5.74, 6) is -0.161. The van der Waals surface area contributed by atoms with Gasteiger partial charge in [0.05, 0.1) is 15.5 Å². The quantitative estimate of drug-likeness (QED) is 0.785. The molecule has 1 aliphatic rings. The second-order valence-electron chi connectivity index (χ2n) is 4.45. The summed E-state index contributed by atoms with van der Waals surface area (Å²) < 4.78 is 0.763. The van der Waals surface area contributed by atoms with Gasteiger partial charge in [0.15, 0.2) is 0 Å². The molecule has 98 valence electrons. The molecule has 0 bridgehead atoms. The Morgan fingerprint density at radius 2 is 2.33 bits per heavy atom. The van der Waals surface area contributed by atoms with Crippen molar-refractivity contribution >= 4 is 44.8 Å². The number of hydrogen-bond acceptors (Lipinski definition) is 4. The molecule has 1 aliphatic heterocycles. The lowest BCUT2D eigenvalue weighted by Gasteiger charge is -2.10. The van der Waals surface area contributed by atoms with Gasteiger partial charge in [0, 0.05) is 0 Å². The third-order valence-electron chi connectivity index (χ3n) is 2.85. The average molecular weight is 332 g/mol. The maximum Gasteiger partial charge on any atom is 0.260 e. The van der Waals surface area contributed by atoms with Crippen LogP contribution in [0.3, 0.4) is 0 Å². The predicted molar refractivity (Wildman–Crippen MR) is 74.7 cm³/mol. The Labute approximate surface area is 117 Å². The van der Waals surface area contributed by atoms with E-state index < -0.39 is 5.91 Å². The highest BCUT2D eigenvalue weighted by Crippen LogP contribution is 2.31. The van der Waals surface area contributed by atoms with Crippen molar-refractivity contribution in [3.63, 3.8) is 0 Å². The zero-order valence-electron chi connectivity index (χ0n) is 9.83. The van der Waals surface area contributed by atoms with E-state index in [2.05, 4.69) is 33.5 Å². The first-order valence-electron chi connectivity index (χ1n) is 5.60. The number of halogens is 1. The van der Waals surface area contributed by atoms with Crippen LogP contribution >= 0.6 is 27.3 Å². The van der Waals surface area contributed by atoms with Crippen LogP contribution in [-0.4, -0.2) is 24.4 Å². The fourth-order valence-corrected chi connectivity index (χ4v) is 3.38. The van der Waals surface area contributed by atoms with Crippen molar-refractivity contribution in [1.82, 2.24) is 5.32 Å².